The molecule has 1 unspecified atom stereocenters. The van der Waals surface area contributed by atoms with Gasteiger partial charge in [0, 0.05) is 18.3 Å². The van der Waals surface area contributed by atoms with Crippen molar-refractivity contribution in [1.82, 2.24) is 9.97 Å². The Morgan fingerprint density at radius 3 is 2.80 bits per heavy atom. The number of aromatic nitrogens is 2. The second-order valence-corrected chi connectivity index (χ2v) is 3.87. The molecule has 1 rings (SSSR count). The summed E-state index contributed by atoms with van der Waals surface area (Å²) < 4.78 is 0. The number of hydrogen-bond acceptors (Lipinski definition) is 4. The first kappa shape index (κ1) is 11.9. The number of nitrogens with zero attached hydrogens (tertiary/aromatic N) is 2. The SMILES string of the molecule is CCc1cc(NCC(C)CN)nc(C)n1. The lowest BCUT2D eigenvalue weighted by molar-refractivity contribution is 0.626. The van der Waals surface area contributed by atoms with Crippen molar-refractivity contribution in [2.75, 3.05) is 18.4 Å². The molecule has 1 atom stereocenters. The fourth-order valence-corrected chi connectivity index (χ4v) is 1.26. The van der Waals surface area contributed by atoms with Gasteiger partial charge in [-0.15, -0.1) is 0 Å². The third-order valence-electron chi connectivity index (χ3n) is 2.29. The monoisotopic (exact) mass is 208 g/mol. The van der Waals surface area contributed by atoms with E-state index in [1.165, 1.54) is 0 Å². The zero-order valence-electron chi connectivity index (χ0n) is 9.75. The average Bonchev–Trinajstić information content (AvgIpc) is 2.25. The lowest BCUT2D eigenvalue weighted by Crippen LogP contribution is -2.20. The maximum Gasteiger partial charge on any atom is 0.129 e. The molecular formula is C11H20N4. The van der Waals surface area contributed by atoms with E-state index < -0.39 is 0 Å². The molecule has 84 valence electrons. The summed E-state index contributed by atoms with van der Waals surface area (Å²) >= 11 is 0. The molecular weight excluding hydrogens is 188 g/mol. The van der Waals surface area contributed by atoms with Crippen LogP contribution in [0.4, 0.5) is 5.82 Å². The van der Waals surface area contributed by atoms with Crippen molar-refractivity contribution in [2.24, 2.45) is 11.7 Å². The fourth-order valence-electron chi connectivity index (χ4n) is 1.26. The van der Waals surface area contributed by atoms with Crippen molar-refractivity contribution in [3.63, 3.8) is 0 Å². The molecule has 0 amide bonds. The van der Waals surface area contributed by atoms with E-state index in [9.17, 15) is 0 Å². The second-order valence-electron chi connectivity index (χ2n) is 3.87. The molecule has 0 saturated heterocycles. The summed E-state index contributed by atoms with van der Waals surface area (Å²) in [6.07, 6.45) is 0.935. The Hall–Kier alpha value is -1.16. The first-order valence-corrected chi connectivity index (χ1v) is 5.44. The van der Waals surface area contributed by atoms with Gasteiger partial charge < -0.3 is 11.1 Å². The van der Waals surface area contributed by atoms with Crippen LogP contribution in [0.15, 0.2) is 6.07 Å². The summed E-state index contributed by atoms with van der Waals surface area (Å²) in [6.45, 7) is 7.67. The third kappa shape index (κ3) is 3.83. The fraction of sp³-hybridized carbons (Fsp3) is 0.636. The minimum Gasteiger partial charge on any atom is -0.370 e. The summed E-state index contributed by atoms with van der Waals surface area (Å²) in [4.78, 5) is 8.65. The Balaban J connectivity index is 2.64. The van der Waals surface area contributed by atoms with Crippen molar-refractivity contribution < 1.29 is 0 Å². The van der Waals surface area contributed by atoms with Gasteiger partial charge in [-0.3, -0.25) is 0 Å². The van der Waals surface area contributed by atoms with Crippen molar-refractivity contribution in [1.29, 1.82) is 0 Å². The van der Waals surface area contributed by atoms with Crippen LogP contribution in [0.1, 0.15) is 25.4 Å². The quantitative estimate of drug-likeness (QED) is 0.766. The van der Waals surface area contributed by atoms with Gasteiger partial charge in [0.15, 0.2) is 0 Å². The lowest BCUT2D eigenvalue weighted by atomic mass is 10.2. The zero-order valence-corrected chi connectivity index (χ0v) is 9.75. The molecule has 0 aliphatic rings. The van der Waals surface area contributed by atoms with Gasteiger partial charge in [-0.05, 0) is 25.8 Å². The minimum atomic E-state index is 0.463. The molecule has 0 fully saturated rings. The van der Waals surface area contributed by atoms with Crippen molar-refractivity contribution in [2.45, 2.75) is 27.2 Å². The van der Waals surface area contributed by atoms with Gasteiger partial charge in [0.2, 0.25) is 0 Å². The Bertz CT molecular complexity index is 311. The lowest BCUT2D eigenvalue weighted by Gasteiger charge is -2.11. The topological polar surface area (TPSA) is 63.8 Å². The summed E-state index contributed by atoms with van der Waals surface area (Å²) in [5.74, 6) is 2.18. The van der Waals surface area contributed by atoms with Gasteiger partial charge in [0.1, 0.15) is 11.6 Å². The van der Waals surface area contributed by atoms with Crippen LogP contribution in [0.2, 0.25) is 0 Å². The highest BCUT2D eigenvalue weighted by Gasteiger charge is 2.02. The Labute approximate surface area is 91.3 Å². The summed E-state index contributed by atoms with van der Waals surface area (Å²) in [7, 11) is 0. The standard InChI is InChI=1S/C11H20N4/c1-4-10-5-11(15-9(3)14-10)13-7-8(2)6-12/h5,8H,4,6-7,12H2,1-3H3,(H,13,14,15). The largest absolute Gasteiger partial charge is 0.370 e. The van der Waals surface area contributed by atoms with Gasteiger partial charge in [0.05, 0.1) is 0 Å². The Kier molecular flexibility index (Phi) is 4.49. The zero-order chi connectivity index (χ0) is 11.3. The van der Waals surface area contributed by atoms with E-state index in [0.717, 1.165) is 30.3 Å². The maximum absolute atomic E-state index is 5.55. The smallest absolute Gasteiger partial charge is 0.129 e. The van der Waals surface area contributed by atoms with Crippen molar-refractivity contribution >= 4 is 5.82 Å². The summed E-state index contributed by atoms with van der Waals surface area (Å²) in [5.41, 5.74) is 6.62. The van der Waals surface area contributed by atoms with E-state index in [4.69, 9.17) is 5.73 Å². The molecule has 0 saturated carbocycles. The molecule has 1 aromatic rings. The van der Waals surface area contributed by atoms with Gasteiger partial charge >= 0.3 is 0 Å². The molecule has 0 radical (unpaired) electrons. The second kappa shape index (κ2) is 5.66. The first-order chi connectivity index (χ1) is 7.15. The van der Waals surface area contributed by atoms with Crippen molar-refractivity contribution in [3.05, 3.63) is 17.6 Å². The predicted molar refractivity (Wildman–Crippen MR) is 62.9 cm³/mol. The van der Waals surface area contributed by atoms with Crippen LogP contribution in [0.3, 0.4) is 0 Å². The normalized spacial score (nSPS) is 12.5. The molecule has 1 heterocycles. The maximum atomic E-state index is 5.55. The van der Waals surface area contributed by atoms with Gasteiger partial charge in [-0.25, -0.2) is 9.97 Å². The minimum absolute atomic E-state index is 0.463. The van der Waals surface area contributed by atoms with Crippen LogP contribution in [0, 0.1) is 12.8 Å². The molecule has 0 aliphatic heterocycles. The van der Waals surface area contributed by atoms with E-state index in [1.54, 1.807) is 0 Å². The summed E-state index contributed by atoms with van der Waals surface area (Å²) in [6, 6.07) is 2.00. The molecule has 4 heteroatoms. The number of nitrogens with one attached hydrogen (secondary N) is 1. The highest BCUT2D eigenvalue weighted by molar-refractivity contribution is 5.36. The molecule has 15 heavy (non-hydrogen) atoms. The van der Waals surface area contributed by atoms with Gasteiger partial charge in [0.25, 0.3) is 0 Å². The molecule has 0 bridgehead atoms. The van der Waals surface area contributed by atoms with Gasteiger partial charge in [-0.1, -0.05) is 13.8 Å². The van der Waals surface area contributed by atoms with Crippen LogP contribution < -0.4 is 11.1 Å². The van der Waals surface area contributed by atoms with Crippen LogP contribution in [-0.4, -0.2) is 23.1 Å². The number of anilines is 1. The van der Waals surface area contributed by atoms with E-state index in [0.29, 0.717) is 12.5 Å². The molecule has 0 aliphatic carbocycles. The third-order valence-corrected chi connectivity index (χ3v) is 2.29. The Morgan fingerprint density at radius 1 is 1.47 bits per heavy atom. The first-order valence-electron chi connectivity index (χ1n) is 5.44. The van der Waals surface area contributed by atoms with Crippen LogP contribution in [-0.2, 0) is 6.42 Å². The predicted octanol–water partition coefficient (Wildman–Crippen LogP) is 1.35. The van der Waals surface area contributed by atoms with Crippen LogP contribution in [0.5, 0.6) is 0 Å². The number of nitrogens with two attached hydrogens (primary N) is 1. The van der Waals surface area contributed by atoms with E-state index in [-0.39, 0.29) is 0 Å². The van der Waals surface area contributed by atoms with E-state index >= 15 is 0 Å². The highest BCUT2D eigenvalue weighted by atomic mass is 15.0. The van der Waals surface area contributed by atoms with E-state index in [2.05, 4.69) is 29.1 Å². The highest BCUT2D eigenvalue weighted by Crippen LogP contribution is 2.07. The molecule has 4 nitrogen and oxygen atoms in total. The molecule has 1 aromatic heterocycles. The average molecular weight is 208 g/mol. The van der Waals surface area contributed by atoms with Gasteiger partial charge in [-0.2, -0.15) is 0 Å². The number of hydrogen-bond donors (Lipinski definition) is 2. The number of aryl methyl sites for hydroxylation is 2. The molecule has 0 spiro atoms. The van der Waals surface area contributed by atoms with Crippen LogP contribution >= 0.6 is 0 Å². The summed E-state index contributed by atoms with van der Waals surface area (Å²) in [5, 5.41) is 3.28. The Morgan fingerprint density at radius 2 is 2.20 bits per heavy atom. The van der Waals surface area contributed by atoms with E-state index in [1.807, 2.05) is 13.0 Å². The van der Waals surface area contributed by atoms with Crippen molar-refractivity contribution in [3.8, 4) is 0 Å². The molecule has 3 N–H and O–H groups in total. The van der Waals surface area contributed by atoms with Crippen LogP contribution in [0.25, 0.3) is 0 Å². The molecule has 0 aromatic carbocycles. The number of rotatable bonds is 5.